The number of fused-ring (bicyclic) bond motifs is 1. The van der Waals surface area contributed by atoms with Gasteiger partial charge in [-0.25, -0.2) is 8.42 Å². The van der Waals surface area contributed by atoms with E-state index in [1.165, 1.54) is 23.5 Å². The lowest BCUT2D eigenvalue weighted by Crippen LogP contribution is -2.51. The largest absolute Gasteiger partial charge is 0.497 e. The predicted octanol–water partition coefficient (Wildman–Crippen LogP) is 4.29. The zero-order valence-corrected chi connectivity index (χ0v) is 20.7. The predicted molar refractivity (Wildman–Crippen MR) is 129 cm³/mol. The van der Waals surface area contributed by atoms with Gasteiger partial charge in [0.05, 0.1) is 24.2 Å². The quantitative estimate of drug-likeness (QED) is 0.555. The second-order valence-electron chi connectivity index (χ2n) is 8.45. The molecule has 2 aromatic rings. The maximum absolute atomic E-state index is 13.5. The molecule has 33 heavy (non-hydrogen) atoms. The van der Waals surface area contributed by atoms with E-state index in [0.29, 0.717) is 29.6 Å². The standard InChI is InChI=1S/C25H34N2O5S/c1-5-7-8-19(6-2)16-26-25(28)24-17-27(22-14-9-18(3)15-23(22)32-24)33(29,30)21-12-10-20(31-4)11-13-21/h9-15,19,24H,5-8,16-17H2,1-4H3,(H,26,28)/t19-,24-/m0/s1. The van der Waals surface area contributed by atoms with Gasteiger partial charge in [0.1, 0.15) is 11.5 Å². The summed E-state index contributed by atoms with van der Waals surface area (Å²) in [6, 6.07) is 11.5. The third kappa shape index (κ3) is 5.79. The number of carbonyl (C=O) groups is 1. The number of sulfonamides is 1. The molecule has 7 nitrogen and oxygen atoms in total. The van der Waals surface area contributed by atoms with E-state index in [2.05, 4.69) is 19.2 Å². The summed E-state index contributed by atoms with van der Waals surface area (Å²) in [5, 5.41) is 2.98. The van der Waals surface area contributed by atoms with Crippen LogP contribution >= 0.6 is 0 Å². The first-order valence-corrected chi connectivity index (χ1v) is 13.0. The summed E-state index contributed by atoms with van der Waals surface area (Å²) in [5.74, 6) is 1.05. The molecule has 0 saturated carbocycles. The lowest BCUT2D eigenvalue weighted by Gasteiger charge is -2.35. The average Bonchev–Trinajstić information content (AvgIpc) is 2.83. The minimum atomic E-state index is -3.91. The van der Waals surface area contributed by atoms with Crippen LogP contribution < -0.4 is 19.1 Å². The molecule has 0 fully saturated rings. The number of benzene rings is 2. The fraction of sp³-hybridized carbons (Fsp3) is 0.480. The first kappa shape index (κ1) is 24.9. The normalized spacial score (nSPS) is 16.5. The summed E-state index contributed by atoms with van der Waals surface area (Å²) in [7, 11) is -2.38. The lowest BCUT2D eigenvalue weighted by molar-refractivity contribution is -0.127. The van der Waals surface area contributed by atoms with Gasteiger partial charge in [-0.3, -0.25) is 9.10 Å². The summed E-state index contributed by atoms with van der Waals surface area (Å²) < 4.78 is 39.5. The molecule has 0 radical (unpaired) electrons. The second kappa shape index (κ2) is 10.9. The number of nitrogens with one attached hydrogen (secondary N) is 1. The lowest BCUT2D eigenvalue weighted by atomic mass is 9.99. The molecule has 1 aliphatic rings. The molecule has 3 rings (SSSR count). The van der Waals surface area contributed by atoms with Crippen LogP contribution in [-0.2, 0) is 14.8 Å². The third-order valence-corrected chi connectivity index (χ3v) is 7.83. The SMILES string of the molecule is CCCC[C@H](CC)CNC(=O)[C@@H]1CN(S(=O)(=O)c2ccc(OC)cc2)c2ccc(C)cc2O1. The van der Waals surface area contributed by atoms with Crippen LogP contribution in [0, 0.1) is 12.8 Å². The van der Waals surface area contributed by atoms with E-state index in [9.17, 15) is 13.2 Å². The van der Waals surface area contributed by atoms with Crippen molar-refractivity contribution in [2.45, 2.75) is 57.5 Å². The molecule has 1 aliphatic heterocycles. The Balaban J connectivity index is 1.85. The van der Waals surface area contributed by atoms with Gasteiger partial charge in [0, 0.05) is 6.54 Å². The van der Waals surface area contributed by atoms with Gasteiger partial charge in [0.25, 0.3) is 15.9 Å². The van der Waals surface area contributed by atoms with Crippen LogP contribution in [0.15, 0.2) is 47.4 Å². The number of carbonyl (C=O) groups excluding carboxylic acids is 1. The van der Waals surface area contributed by atoms with Crippen LogP contribution in [0.25, 0.3) is 0 Å². The maximum atomic E-state index is 13.5. The molecule has 2 aromatic carbocycles. The fourth-order valence-corrected chi connectivity index (χ4v) is 5.38. The minimum absolute atomic E-state index is 0.0952. The number of hydrogen-bond acceptors (Lipinski definition) is 5. The smallest absolute Gasteiger partial charge is 0.264 e. The van der Waals surface area contributed by atoms with Crippen molar-refractivity contribution >= 4 is 21.6 Å². The summed E-state index contributed by atoms with van der Waals surface area (Å²) >= 11 is 0. The number of amides is 1. The number of unbranched alkanes of at least 4 members (excludes halogenated alkanes) is 1. The Morgan fingerprint density at radius 3 is 2.58 bits per heavy atom. The van der Waals surface area contributed by atoms with E-state index in [-0.39, 0.29) is 17.3 Å². The van der Waals surface area contributed by atoms with Crippen molar-refractivity contribution in [2.24, 2.45) is 5.92 Å². The molecule has 0 saturated heterocycles. The number of nitrogens with zero attached hydrogens (tertiary/aromatic N) is 1. The highest BCUT2D eigenvalue weighted by atomic mass is 32.2. The van der Waals surface area contributed by atoms with E-state index in [1.807, 2.05) is 13.0 Å². The van der Waals surface area contributed by atoms with Crippen LogP contribution in [-0.4, -0.2) is 40.6 Å². The molecule has 8 heteroatoms. The Hall–Kier alpha value is -2.74. The third-order valence-electron chi connectivity index (χ3n) is 6.03. The molecule has 1 heterocycles. The van der Waals surface area contributed by atoms with Crippen molar-refractivity contribution in [1.82, 2.24) is 5.32 Å². The molecule has 0 aromatic heterocycles. The van der Waals surface area contributed by atoms with Crippen molar-refractivity contribution in [3.05, 3.63) is 48.0 Å². The highest BCUT2D eigenvalue weighted by molar-refractivity contribution is 7.92. The molecule has 0 spiro atoms. The topological polar surface area (TPSA) is 84.9 Å². The zero-order chi connectivity index (χ0) is 24.0. The first-order valence-electron chi connectivity index (χ1n) is 11.5. The molecular weight excluding hydrogens is 440 g/mol. The highest BCUT2D eigenvalue weighted by Gasteiger charge is 2.37. The molecule has 0 aliphatic carbocycles. The number of methoxy groups -OCH3 is 1. The Bertz CT molecular complexity index is 1050. The number of aryl methyl sites for hydroxylation is 1. The molecule has 0 bridgehead atoms. The van der Waals surface area contributed by atoms with Crippen LogP contribution in [0.1, 0.15) is 45.1 Å². The molecule has 180 valence electrons. The van der Waals surface area contributed by atoms with Gasteiger partial charge < -0.3 is 14.8 Å². The van der Waals surface area contributed by atoms with Crippen LogP contribution in [0.3, 0.4) is 0 Å². The van der Waals surface area contributed by atoms with E-state index < -0.39 is 16.1 Å². The van der Waals surface area contributed by atoms with Gasteiger partial charge in [-0.05, 0) is 61.2 Å². The fourth-order valence-electron chi connectivity index (χ4n) is 3.90. The van der Waals surface area contributed by atoms with Gasteiger partial charge in [0.15, 0.2) is 6.10 Å². The minimum Gasteiger partial charge on any atom is -0.497 e. The molecular formula is C25H34N2O5S. The summed E-state index contributed by atoms with van der Waals surface area (Å²) in [6.07, 6.45) is 3.33. The van der Waals surface area contributed by atoms with Crippen molar-refractivity contribution < 1.29 is 22.7 Å². The second-order valence-corrected chi connectivity index (χ2v) is 10.3. The Labute approximate surface area is 197 Å². The molecule has 1 N–H and O–H groups in total. The maximum Gasteiger partial charge on any atom is 0.264 e. The number of rotatable bonds is 10. The van der Waals surface area contributed by atoms with E-state index >= 15 is 0 Å². The summed E-state index contributed by atoms with van der Waals surface area (Å²) in [6.45, 7) is 6.63. The van der Waals surface area contributed by atoms with Crippen LogP contribution in [0.5, 0.6) is 11.5 Å². The molecule has 0 unspecified atom stereocenters. The van der Waals surface area contributed by atoms with Crippen molar-refractivity contribution in [3.8, 4) is 11.5 Å². The van der Waals surface area contributed by atoms with E-state index in [1.54, 1.807) is 24.3 Å². The van der Waals surface area contributed by atoms with Gasteiger partial charge in [-0.2, -0.15) is 0 Å². The van der Waals surface area contributed by atoms with E-state index in [4.69, 9.17) is 9.47 Å². The van der Waals surface area contributed by atoms with Gasteiger partial charge in [0.2, 0.25) is 0 Å². The van der Waals surface area contributed by atoms with Gasteiger partial charge in [-0.15, -0.1) is 0 Å². The monoisotopic (exact) mass is 474 g/mol. The van der Waals surface area contributed by atoms with Crippen LogP contribution in [0.4, 0.5) is 5.69 Å². The summed E-state index contributed by atoms with van der Waals surface area (Å²) in [5.41, 5.74) is 1.34. The van der Waals surface area contributed by atoms with Crippen molar-refractivity contribution in [1.29, 1.82) is 0 Å². The first-order chi connectivity index (χ1) is 15.8. The average molecular weight is 475 g/mol. The van der Waals surface area contributed by atoms with Gasteiger partial charge in [-0.1, -0.05) is 39.2 Å². The number of ether oxygens (including phenoxy) is 2. The number of anilines is 1. The zero-order valence-electron chi connectivity index (χ0n) is 19.8. The Morgan fingerprint density at radius 1 is 1.21 bits per heavy atom. The van der Waals surface area contributed by atoms with E-state index in [0.717, 1.165) is 31.2 Å². The number of hydrogen-bond donors (Lipinski definition) is 1. The van der Waals surface area contributed by atoms with Crippen LogP contribution in [0.2, 0.25) is 0 Å². The van der Waals surface area contributed by atoms with Gasteiger partial charge >= 0.3 is 0 Å². The summed E-state index contributed by atoms with van der Waals surface area (Å²) in [4.78, 5) is 13.1. The highest BCUT2D eigenvalue weighted by Crippen LogP contribution is 2.38. The van der Waals surface area contributed by atoms with Crippen molar-refractivity contribution in [3.63, 3.8) is 0 Å². The molecule has 2 atom stereocenters. The Morgan fingerprint density at radius 2 is 1.94 bits per heavy atom. The Kier molecular flexibility index (Phi) is 8.24. The van der Waals surface area contributed by atoms with Crippen molar-refractivity contribution in [2.75, 3.05) is 24.5 Å². The molecule has 1 amide bonds.